The molecule has 0 aliphatic carbocycles. The summed E-state index contributed by atoms with van der Waals surface area (Å²) in [4.78, 5) is 16.0. The lowest BCUT2D eigenvalue weighted by Gasteiger charge is -2.35. The van der Waals surface area contributed by atoms with Crippen molar-refractivity contribution >= 4 is 49.8 Å². The molecule has 0 atom stereocenters. The summed E-state index contributed by atoms with van der Waals surface area (Å²) in [6.07, 6.45) is 10.6. The van der Waals surface area contributed by atoms with Crippen molar-refractivity contribution in [3.63, 3.8) is 0 Å². The molecule has 3 aromatic rings. The van der Waals surface area contributed by atoms with Crippen molar-refractivity contribution in [3.8, 4) is 5.75 Å². The molecule has 0 radical (unpaired) electrons. The topological polar surface area (TPSA) is 104 Å². The molecule has 10 nitrogen and oxygen atoms in total. The van der Waals surface area contributed by atoms with Gasteiger partial charge < -0.3 is 9.64 Å². The minimum atomic E-state index is -3.59. The first-order valence-corrected chi connectivity index (χ1v) is 19.9. The van der Waals surface area contributed by atoms with Crippen molar-refractivity contribution in [1.82, 2.24) is 14.7 Å². The molecular formula is C36H51N7O3S2. The Hall–Kier alpha value is -3.48. The van der Waals surface area contributed by atoms with Gasteiger partial charge in [-0.15, -0.1) is 11.3 Å². The second-order valence-electron chi connectivity index (χ2n) is 12.7. The Morgan fingerprint density at radius 1 is 0.917 bits per heavy atom. The normalized spacial score (nSPS) is 16.4. The fourth-order valence-electron chi connectivity index (χ4n) is 6.09. The molecule has 1 N–H and O–H groups in total. The quantitative estimate of drug-likeness (QED) is 0.158. The summed E-state index contributed by atoms with van der Waals surface area (Å²) in [5.41, 5.74) is 4.04. The van der Waals surface area contributed by atoms with E-state index >= 15 is 0 Å². The van der Waals surface area contributed by atoms with Gasteiger partial charge in [-0.2, -0.15) is 5.10 Å². The van der Waals surface area contributed by atoms with Crippen LogP contribution in [0.3, 0.4) is 0 Å². The Kier molecular flexibility index (Phi) is 12.5. The van der Waals surface area contributed by atoms with E-state index in [1.807, 2.05) is 32.1 Å². The van der Waals surface area contributed by atoms with Crippen molar-refractivity contribution < 1.29 is 13.2 Å². The molecule has 1 aromatic carbocycles. The van der Waals surface area contributed by atoms with Gasteiger partial charge in [-0.3, -0.25) is 9.62 Å². The molecule has 4 heterocycles. The number of thiophene rings is 1. The first-order valence-electron chi connectivity index (χ1n) is 17.4. The Morgan fingerprint density at radius 2 is 1.67 bits per heavy atom. The van der Waals surface area contributed by atoms with Crippen LogP contribution < -0.4 is 14.4 Å². The van der Waals surface area contributed by atoms with Gasteiger partial charge in [-0.25, -0.2) is 23.1 Å². The average molecular weight is 694 g/mol. The van der Waals surface area contributed by atoms with Crippen molar-refractivity contribution in [2.45, 2.75) is 79.1 Å². The van der Waals surface area contributed by atoms with E-state index in [4.69, 9.17) is 14.7 Å². The van der Waals surface area contributed by atoms with E-state index in [0.29, 0.717) is 40.8 Å². The number of nitrogens with zero attached hydrogens (tertiary/aromatic N) is 6. The van der Waals surface area contributed by atoms with E-state index in [1.165, 1.54) is 30.8 Å². The van der Waals surface area contributed by atoms with Crippen molar-refractivity contribution in [3.05, 3.63) is 63.9 Å². The van der Waals surface area contributed by atoms with Gasteiger partial charge in [0.1, 0.15) is 11.5 Å². The molecule has 0 unspecified atom stereocenters. The molecule has 5 rings (SSSR count). The standard InChI is InChI=1S/C36H51N7O3S2/c1-6-8-10-11-12-13-23-48(44,45)40-32-16-14-29(46-5)25-31(32)35-33(37-36(38-35)43-28(4)24-27(3)39-43)26-30-15-17-34(47-30)42-21-19-41(20-22-42)18-9-7-2/h14-17,24-26,40H,6-13,18-23H2,1-5H3/b33-26-. The van der Waals surface area contributed by atoms with Crippen molar-refractivity contribution in [2.24, 2.45) is 9.98 Å². The summed E-state index contributed by atoms with van der Waals surface area (Å²) in [6.45, 7) is 13.7. The highest BCUT2D eigenvalue weighted by molar-refractivity contribution is 7.92. The third kappa shape index (κ3) is 9.35. The second kappa shape index (κ2) is 16.8. The Labute approximate surface area is 290 Å². The maximum atomic E-state index is 13.3. The summed E-state index contributed by atoms with van der Waals surface area (Å²) < 4.78 is 36.8. The van der Waals surface area contributed by atoms with Gasteiger partial charge in [-0.05, 0) is 75.7 Å². The summed E-state index contributed by atoms with van der Waals surface area (Å²) >= 11 is 1.73. The SMILES string of the molecule is CCCCCCCCS(=O)(=O)Nc1ccc(OC)cc1C1=NC(n2nc(C)cc2C)=N/C1=C\c1ccc(N2CCN(CCCC)CC2)s1. The number of hydrogen-bond acceptors (Lipinski definition) is 9. The first kappa shape index (κ1) is 35.8. The van der Waals surface area contributed by atoms with Crippen LogP contribution in [-0.4, -0.2) is 80.4 Å². The monoisotopic (exact) mass is 693 g/mol. The van der Waals surface area contributed by atoms with Crippen molar-refractivity contribution in [2.75, 3.05) is 55.2 Å². The second-order valence-corrected chi connectivity index (χ2v) is 15.6. The van der Waals surface area contributed by atoms with Gasteiger partial charge in [0.05, 0.1) is 34.9 Å². The van der Waals surface area contributed by atoms with E-state index < -0.39 is 10.0 Å². The molecule has 12 heteroatoms. The third-order valence-electron chi connectivity index (χ3n) is 8.79. The van der Waals surface area contributed by atoms with Crippen LogP contribution in [0.1, 0.15) is 87.0 Å². The van der Waals surface area contributed by atoms with Crippen LogP contribution in [0.25, 0.3) is 6.08 Å². The number of rotatable bonds is 16. The molecule has 2 aliphatic rings. The number of piperazine rings is 1. The number of hydrogen-bond donors (Lipinski definition) is 1. The van der Waals surface area contributed by atoms with E-state index in [0.717, 1.165) is 68.1 Å². The predicted octanol–water partition coefficient (Wildman–Crippen LogP) is 7.34. The van der Waals surface area contributed by atoms with Crippen LogP contribution in [-0.2, 0) is 10.0 Å². The third-order valence-corrected chi connectivity index (χ3v) is 11.2. The maximum Gasteiger partial charge on any atom is 0.252 e. The highest BCUT2D eigenvalue weighted by atomic mass is 32.2. The minimum Gasteiger partial charge on any atom is -0.497 e. The number of nitrogens with one attached hydrogen (secondary N) is 1. The first-order chi connectivity index (χ1) is 23.2. The highest BCUT2D eigenvalue weighted by Gasteiger charge is 2.26. The molecule has 0 saturated carbocycles. The Bertz CT molecular complexity index is 1730. The Morgan fingerprint density at radius 3 is 2.38 bits per heavy atom. The molecule has 2 aromatic heterocycles. The van der Waals surface area contributed by atoms with Crippen LogP contribution in [0.4, 0.5) is 10.7 Å². The molecule has 260 valence electrons. The van der Waals surface area contributed by atoms with E-state index in [9.17, 15) is 8.42 Å². The van der Waals surface area contributed by atoms with Crippen LogP contribution in [0, 0.1) is 13.8 Å². The van der Waals surface area contributed by atoms with Gasteiger partial charge in [0.25, 0.3) is 5.96 Å². The number of benzene rings is 1. The lowest BCUT2D eigenvalue weighted by molar-refractivity contribution is 0.254. The number of aliphatic imine (C=N–C) groups is 2. The number of unbranched alkanes of at least 4 members (excludes halogenated alkanes) is 6. The zero-order chi connectivity index (χ0) is 34.1. The Balaban J connectivity index is 1.43. The van der Waals surface area contributed by atoms with Crippen LogP contribution in [0.2, 0.25) is 0 Å². The number of anilines is 2. The molecule has 48 heavy (non-hydrogen) atoms. The maximum absolute atomic E-state index is 13.3. The van der Waals surface area contributed by atoms with E-state index in [1.54, 1.807) is 35.3 Å². The summed E-state index contributed by atoms with van der Waals surface area (Å²) in [6, 6.07) is 11.6. The molecule has 1 fully saturated rings. The number of ether oxygens (including phenoxy) is 1. The number of allylic oxidation sites excluding steroid dienone is 1. The largest absolute Gasteiger partial charge is 0.497 e. The lowest BCUT2D eigenvalue weighted by atomic mass is 10.0. The predicted molar refractivity (Wildman–Crippen MR) is 201 cm³/mol. The fourth-order valence-corrected chi connectivity index (χ4v) is 8.29. The highest BCUT2D eigenvalue weighted by Crippen LogP contribution is 2.33. The van der Waals surface area contributed by atoms with Gasteiger partial charge in [-0.1, -0.05) is 52.4 Å². The number of sulfonamides is 1. The molecule has 0 spiro atoms. The summed E-state index contributed by atoms with van der Waals surface area (Å²) in [5, 5.41) is 5.87. The number of aromatic nitrogens is 2. The van der Waals surface area contributed by atoms with Crippen LogP contribution in [0.15, 0.2) is 52.1 Å². The minimum absolute atomic E-state index is 0.0676. The average Bonchev–Trinajstić information content (AvgIpc) is 3.80. The molecule has 2 aliphatic heterocycles. The van der Waals surface area contributed by atoms with E-state index in [2.05, 4.69) is 45.6 Å². The smallest absolute Gasteiger partial charge is 0.252 e. The molecule has 0 amide bonds. The number of aryl methyl sites for hydroxylation is 2. The van der Waals surface area contributed by atoms with Gasteiger partial charge in [0.15, 0.2) is 0 Å². The van der Waals surface area contributed by atoms with Crippen LogP contribution >= 0.6 is 11.3 Å². The van der Waals surface area contributed by atoms with Gasteiger partial charge >= 0.3 is 0 Å². The van der Waals surface area contributed by atoms with Crippen molar-refractivity contribution in [1.29, 1.82) is 0 Å². The molecular weight excluding hydrogens is 643 g/mol. The van der Waals surface area contributed by atoms with Crippen LogP contribution in [0.5, 0.6) is 5.75 Å². The fraction of sp³-hybridized carbons (Fsp3) is 0.528. The number of methoxy groups -OCH3 is 1. The van der Waals surface area contributed by atoms with Gasteiger partial charge in [0.2, 0.25) is 10.0 Å². The zero-order valence-electron chi connectivity index (χ0n) is 29.2. The summed E-state index contributed by atoms with van der Waals surface area (Å²) in [7, 11) is -1.99. The molecule has 0 bridgehead atoms. The van der Waals surface area contributed by atoms with E-state index in [-0.39, 0.29) is 5.75 Å². The summed E-state index contributed by atoms with van der Waals surface area (Å²) in [5.74, 6) is 1.10. The lowest BCUT2D eigenvalue weighted by Crippen LogP contribution is -2.46. The van der Waals surface area contributed by atoms with Gasteiger partial charge in [0, 0.05) is 42.3 Å². The molecule has 1 saturated heterocycles. The zero-order valence-corrected chi connectivity index (χ0v) is 30.8.